The Morgan fingerprint density at radius 3 is 2.40 bits per heavy atom. The van der Waals surface area contributed by atoms with Gasteiger partial charge in [0.15, 0.2) is 0 Å². The number of rotatable bonds is 10. The minimum Gasteiger partial charge on any atom is -0.497 e. The van der Waals surface area contributed by atoms with Crippen molar-refractivity contribution in [2.75, 3.05) is 24.2 Å². The highest BCUT2D eigenvalue weighted by atomic mass is 35.5. The lowest BCUT2D eigenvalue weighted by molar-refractivity contribution is -0.139. The minimum atomic E-state index is -3.80. The van der Waals surface area contributed by atoms with Crippen LogP contribution in [-0.2, 0) is 26.2 Å². The van der Waals surface area contributed by atoms with E-state index in [0.717, 1.165) is 41.8 Å². The van der Waals surface area contributed by atoms with Crippen molar-refractivity contribution in [2.24, 2.45) is 0 Å². The fourth-order valence-corrected chi connectivity index (χ4v) is 5.11. The molecule has 0 unspecified atom stereocenters. The number of anilines is 1. The smallest absolute Gasteiger partial charge is 0.244 e. The van der Waals surface area contributed by atoms with Crippen LogP contribution in [0.2, 0.25) is 5.02 Å². The van der Waals surface area contributed by atoms with Crippen molar-refractivity contribution in [3.05, 3.63) is 59.1 Å². The Bertz CT molecular complexity index is 1130. The molecule has 0 spiro atoms. The molecule has 3 rings (SSSR count). The Hall–Kier alpha value is -2.78. The highest BCUT2D eigenvalue weighted by molar-refractivity contribution is 7.92. The van der Waals surface area contributed by atoms with Crippen molar-refractivity contribution in [1.82, 2.24) is 10.2 Å². The molecule has 1 aliphatic carbocycles. The van der Waals surface area contributed by atoms with Crippen molar-refractivity contribution in [1.29, 1.82) is 0 Å². The number of hydrogen-bond donors (Lipinski definition) is 1. The van der Waals surface area contributed by atoms with Crippen molar-refractivity contribution in [3.63, 3.8) is 0 Å². The summed E-state index contributed by atoms with van der Waals surface area (Å²) >= 11 is 6.00. The van der Waals surface area contributed by atoms with Crippen molar-refractivity contribution >= 4 is 39.1 Å². The van der Waals surface area contributed by atoms with E-state index in [4.69, 9.17) is 16.3 Å². The first-order chi connectivity index (χ1) is 16.6. The van der Waals surface area contributed by atoms with E-state index in [2.05, 4.69) is 5.32 Å². The molecule has 8 nitrogen and oxygen atoms in total. The van der Waals surface area contributed by atoms with Crippen molar-refractivity contribution in [2.45, 2.75) is 51.2 Å². The van der Waals surface area contributed by atoms with Crippen LogP contribution in [0.1, 0.15) is 38.2 Å². The molecule has 0 saturated heterocycles. The maximum atomic E-state index is 13.6. The molecule has 1 fully saturated rings. The van der Waals surface area contributed by atoms with Crippen LogP contribution in [0, 0.1) is 0 Å². The molecule has 0 radical (unpaired) electrons. The molecule has 0 heterocycles. The number of nitrogens with one attached hydrogen (secondary N) is 1. The molecular weight excluding hydrogens is 490 g/mol. The van der Waals surface area contributed by atoms with Gasteiger partial charge in [-0.15, -0.1) is 0 Å². The molecule has 0 aliphatic heterocycles. The molecule has 10 heteroatoms. The van der Waals surface area contributed by atoms with E-state index >= 15 is 0 Å². The van der Waals surface area contributed by atoms with E-state index in [9.17, 15) is 18.0 Å². The van der Waals surface area contributed by atoms with Gasteiger partial charge < -0.3 is 15.0 Å². The van der Waals surface area contributed by atoms with Crippen LogP contribution >= 0.6 is 11.6 Å². The number of carbonyl (C=O) groups is 2. The van der Waals surface area contributed by atoms with Gasteiger partial charge in [0.25, 0.3) is 0 Å². The molecule has 1 atom stereocenters. The summed E-state index contributed by atoms with van der Waals surface area (Å²) in [5, 5.41) is 3.59. The third kappa shape index (κ3) is 7.35. The molecule has 190 valence electrons. The van der Waals surface area contributed by atoms with Gasteiger partial charge in [0.2, 0.25) is 21.8 Å². The zero-order valence-corrected chi connectivity index (χ0v) is 21.8. The maximum absolute atomic E-state index is 13.6. The Kier molecular flexibility index (Phi) is 9.02. The SMILES string of the molecule is COc1cccc(N(CC(=O)N(Cc2ccc(Cl)cc2)[C@@H](C)C(=O)NC2CCCC2)S(C)(=O)=O)c1. The first-order valence-electron chi connectivity index (χ1n) is 11.5. The summed E-state index contributed by atoms with van der Waals surface area (Å²) in [5.41, 5.74) is 1.07. The van der Waals surface area contributed by atoms with E-state index in [1.165, 1.54) is 12.0 Å². The molecule has 1 saturated carbocycles. The summed E-state index contributed by atoms with van der Waals surface area (Å²) in [6.07, 6.45) is 5.01. The van der Waals surface area contributed by atoms with Gasteiger partial charge in [-0.2, -0.15) is 0 Å². The van der Waals surface area contributed by atoms with E-state index in [0.29, 0.717) is 16.5 Å². The summed E-state index contributed by atoms with van der Waals surface area (Å²) in [5.74, 6) is -0.292. The zero-order chi connectivity index (χ0) is 25.6. The molecule has 2 aromatic carbocycles. The van der Waals surface area contributed by atoms with E-state index in [-0.39, 0.29) is 18.5 Å². The van der Waals surface area contributed by atoms with E-state index in [1.807, 2.05) is 0 Å². The summed E-state index contributed by atoms with van der Waals surface area (Å²) in [6, 6.07) is 12.8. The average Bonchev–Trinajstić information content (AvgIpc) is 3.33. The van der Waals surface area contributed by atoms with Gasteiger partial charge in [-0.3, -0.25) is 13.9 Å². The number of halogens is 1. The second-order valence-corrected chi connectivity index (χ2v) is 11.1. The predicted octanol–water partition coefficient (Wildman–Crippen LogP) is 3.59. The topological polar surface area (TPSA) is 96.0 Å². The monoisotopic (exact) mass is 521 g/mol. The summed E-state index contributed by atoms with van der Waals surface area (Å²) in [4.78, 5) is 28.0. The number of benzene rings is 2. The lowest BCUT2D eigenvalue weighted by Crippen LogP contribution is -2.52. The maximum Gasteiger partial charge on any atom is 0.244 e. The molecule has 0 aromatic heterocycles. The van der Waals surface area contributed by atoms with E-state index in [1.54, 1.807) is 55.5 Å². The lowest BCUT2D eigenvalue weighted by atomic mass is 10.1. The summed E-state index contributed by atoms with van der Waals surface area (Å²) in [7, 11) is -2.32. The second kappa shape index (κ2) is 11.8. The Morgan fingerprint density at radius 1 is 1.14 bits per heavy atom. The fraction of sp³-hybridized carbons (Fsp3) is 0.440. The van der Waals surface area contributed by atoms with Gasteiger partial charge in [-0.05, 0) is 49.6 Å². The van der Waals surface area contributed by atoms with Crippen LogP contribution in [0.5, 0.6) is 5.75 Å². The number of amides is 2. The first-order valence-corrected chi connectivity index (χ1v) is 13.8. The third-order valence-electron chi connectivity index (χ3n) is 6.16. The first kappa shape index (κ1) is 26.8. The van der Waals surface area contributed by atoms with Gasteiger partial charge in [0, 0.05) is 23.7 Å². The number of hydrogen-bond acceptors (Lipinski definition) is 5. The standard InChI is InChI=1S/C25H32ClN3O5S/c1-18(25(31)27-21-7-4-5-8-21)28(16-19-11-13-20(26)14-12-19)24(30)17-29(35(3,32)33)22-9-6-10-23(15-22)34-2/h6,9-15,18,21H,4-5,7-8,16-17H2,1-3H3,(H,27,31)/t18-/m0/s1. The molecule has 0 bridgehead atoms. The van der Waals surface area contributed by atoms with Crippen LogP contribution in [0.4, 0.5) is 5.69 Å². The quantitative estimate of drug-likeness (QED) is 0.515. The summed E-state index contributed by atoms with van der Waals surface area (Å²) in [6.45, 7) is 1.33. The molecule has 35 heavy (non-hydrogen) atoms. The van der Waals surface area contributed by atoms with Crippen LogP contribution < -0.4 is 14.4 Å². The Balaban J connectivity index is 1.88. The Labute approximate surface area is 212 Å². The second-order valence-electron chi connectivity index (χ2n) is 8.79. The molecular formula is C25H32ClN3O5S. The third-order valence-corrected chi connectivity index (χ3v) is 7.55. The Morgan fingerprint density at radius 2 is 1.80 bits per heavy atom. The molecule has 1 N–H and O–H groups in total. The normalized spacial score (nSPS) is 14.9. The van der Waals surface area contributed by atoms with Crippen LogP contribution in [0.3, 0.4) is 0 Å². The molecule has 2 amide bonds. The van der Waals surface area contributed by atoms with Crippen molar-refractivity contribution < 1.29 is 22.7 Å². The van der Waals surface area contributed by atoms with Crippen molar-refractivity contribution in [3.8, 4) is 5.75 Å². The lowest BCUT2D eigenvalue weighted by Gasteiger charge is -2.32. The molecule has 1 aliphatic rings. The minimum absolute atomic E-state index is 0.0988. The number of ether oxygens (including phenoxy) is 1. The number of sulfonamides is 1. The van der Waals surface area contributed by atoms with Gasteiger partial charge in [-0.1, -0.05) is 42.6 Å². The van der Waals surface area contributed by atoms with Crippen LogP contribution in [0.25, 0.3) is 0 Å². The number of carbonyl (C=O) groups excluding carboxylic acids is 2. The predicted molar refractivity (Wildman–Crippen MR) is 137 cm³/mol. The van der Waals surface area contributed by atoms with Crippen LogP contribution in [-0.4, -0.2) is 57.1 Å². The highest BCUT2D eigenvalue weighted by Gasteiger charge is 2.31. The molecule has 2 aromatic rings. The average molecular weight is 522 g/mol. The van der Waals surface area contributed by atoms with Gasteiger partial charge in [0.05, 0.1) is 19.1 Å². The highest BCUT2D eigenvalue weighted by Crippen LogP contribution is 2.24. The zero-order valence-electron chi connectivity index (χ0n) is 20.2. The number of nitrogens with zero attached hydrogens (tertiary/aromatic N) is 2. The van der Waals surface area contributed by atoms with Crippen LogP contribution in [0.15, 0.2) is 48.5 Å². The van der Waals surface area contributed by atoms with E-state index < -0.39 is 28.5 Å². The fourth-order valence-electron chi connectivity index (χ4n) is 4.14. The van der Waals surface area contributed by atoms with Gasteiger partial charge >= 0.3 is 0 Å². The largest absolute Gasteiger partial charge is 0.497 e. The van der Waals surface area contributed by atoms with Gasteiger partial charge in [-0.25, -0.2) is 8.42 Å². The number of methoxy groups -OCH3 is 1. The summed E-state index contributed by atoms with van der Waals surface area (Å²) < 4.78 is 31.5. The van der Waals surface area contributed by atoms with Gasteiger partial charge in [0.1, 0.15) is 18.3 Å².